The second kappa shape index (κ2) is 6.71. The van der Waals surface area contributed by atoms with Gasteiger partial charge in [0.1, 0.15) is 0 Å². The number of nitrogens with one attached hydrogen (secondary N) is 1. The first-order valence-electron chi connectivity index (χ1n) is 7.20. The highest BCUT2D eigenvalue weighted by molar-refractivity contribution is 5.91. The number of benzene rings is 1. The molecular formula is C16H23NO2. The minimum atomic E-state index is 0.0586. The zero-order valence-electron chi connectivity index (χ0n) is 11.9. The van der Waals surface area contributed by atoms with Gasteiger partial charge in [-0.2, -0.15) is 0 Å². The van der Waals surface area contributed by atoms with E-state index in [0.29, 0.717) is 6.42 Å². The van der Waals surface area contributed by atoms with Crippen LogP contribution in [0.15, 0.2) is 18.2 Å². The lowest BCUT2D eigenvalue weighted by Gasteiger charge is -2.22. The van der Waals surface area contributed by atoms with Gasteiger partial charge in [-0.25, -0.2) is 0 Å². The summed E-state index contributed by atoms with van der Waals surface area (Å²) in [5, 5.41) is 3.01. The second-order valence-corrected chi connectivity index (χ2v) is 5.24. The van der Waals surface area contributed by atoms with Gasteiger partial charge in [-0.3, -0.25) is 4.79 Å². The van der Waals surface area contributed by atoms with Gasteiger partial charge in [-0.15, -0.1) is 0 Å². The fourth-order valence-electron chi connectivity index (χ4n) is 2.40. The van der Waals surface area contributed by atoms with Crippen molar-refractivity contribution in [2.24, 2.45) is 0 Å². The molecule has 1 saturated heterocycles. The third-order valence-electron chi connectivity index (χ3n) is 3.67. The minimum Gasteiger partial charge on any atom is -0.378 e. The number of anilines is 1. The van der Waals surface area contributed by atoms with Gasteiger partial charge in [-0.1, -0.05) is 19.1 Å². The Morgan fingerprint density at radius 2 is 2.26 bits per heavy atom. The first-order valence-corrected chi connectivity index (χ1v) is 7.20. The molecule has 3 heteroatoms. The lowest BCUT2D eigenvalue weighted by Crippen LogP contribution is -2.25. The van der Waals surface area contributed by atoms with Crippen molar-refractivity contribution >= 4 is 11.6 Å². The molecule has 1 aromatic rings. The molecule has 1 unspecified atom stereocenters. The van der Waals surface area contributed by atoms with Crippen molar-refractivity contribution in [1.82, 2.24) is 0 Å². The van der Waals surface area contributed by atoms with Crippen molar-refractivity contribution < 1.29 is 9.53 Å². The van der Waals surface area contributed by atoms with Gasteiger partial charge >= 0.3 is 0 Å². The smallest absolute Gasteiger partial charge is 0.226 e. The summed E-state index contributed by atoms with van der Waals surface area (Å²) in [7, 11) is 0. The molecule has 1 N–H and O–H groups in total. The fraction of sp³-hybridized carbons (Fsp3) is 0.562. The van der Waals surface area contributed by atoms with Crippen LogP contribution in [0.3, 0.4) is 0 Å². The highest BCUT2D eigenvalue weighted by atomic mass is 16.5. The van der Waals surface area contributed by atoms with E-state index in [0.717, 1.165) is 37.1 Å². The summed E-state index contributed by atoms with van der Waals surface area (Å²) in [6.07, 6.45) is 4.84. The van der Waals surface area contributed by atoms with Gasteiger partial charge in [0, 0.05) is 12.3 Å². The quantitative estimate of drug-likeness (QED) is 0.901. The maximum atomic E-state index is 12.0. The number of amides is 1. The van der Waals surface area contributed by atoms with Gasteiger partial charge in [0.15, 0.2) is 0 Å². The molecule has 1 aromatic carbocycles. The van der Waals surface area contributed by atoms with E-state index in [4.69, 9.17) is 4.74 Å². The van der Waals surface area contributed by atoms with Crippen LogP contribution in [-0.2, 0) is 16.0 Å². The number of hydrogen-bond donors (Lipinski definition) is 1. The number of carbonyl (C=O) groups excluding carboxylic acids is 1. The maximum absolute atomic E-state index is 12.0. The predicted octanol–water partition coefficient (Wildman–Crippen LogP) is 3.46. The maximum Gasteiger partial charge on any atom is 0.226 e. The van der Waals surface area contributed by atoms with E-state index in [-0.39, 0.29) is 12.0 Å². The molecule has 3 nitrogen and oxygen atoms in total. The SMILES string of the molecule is CCc1ccc(C)c(NC(=O)CC2CCCCO2)c1. The number of rotatable bonds is 4. The molecule has 1 aliphatic heterocycles. The van der Waals surface area contributed by atoms with Gasteiger partial charge in [0.2, 0.25) is 5.91 Å². The van der Waals surface area contributed by atoms with Crippen molar-refractivity contribution in [2.45, 2.75) is 52.1 Å². The Labute approximate surface area is 115 Å². The number of aryl methyl sites for hydroxylation is 2. The van der Waals surface area contributed by atoms with Gasteiger partial charge in [-0.05, 0) is 49.8 Å². The summed E-state index contributed by atoms with van der Waals surface area (Å²) < 4.78 is 5.60. The third-order valence-corrected chi connectivity index (χ3v) is 3.67. The summed E-state index contributed by atoms with van der Waals surface area (Å²) in [5.41, 5.74) is 3.28. The first-order chi connectivity index (χ1) is 9.19. The topological polar surface area (TPSA) is 38.3 Å². The first kappa shape index (κ1) is 14.1. The Morgan fingerprint density at radius 1 is 1.42 bits per heavy atom. The van der Waals surface area contributed by atoms with Gasteiger partial charge in [0.05, 0.1) is 12.5 Å². The minimum absolute atomic E-state index is 0.0586. The van der Waals surface area contributed by atoms with E-state index < -0.39 is 0 Å². The van der Waals surface area contributed by atoms with Crippen LogP contribution < -0.4 is 5.32 Å². The normalized spacial score (nSPS) is 19.2. The molecule has 1 fully saturated rings. The predicted molar refractivity (Wildman–Crippen MR) is 77.4 cm³/mol. The van der Waals surface area contributed by atoms with Crippen molar-refractivity contribution in [3.8, 4) is 0 Å². The zero-order valence-corrected chi connectivity index (χ0v) is 11.9. The monoisotopic (exact) mass is 261 g/mol. The molecule has 19 heavy (non-hydrogen) atoms. The van der Waals surface area contributed by atoms with Gasteiger partial charge in [0.25, 0.3) is 0 Å². The van der Waals surface area contributed by atoms with E-state index >= 15 is 0 Å². The average Bonchev–Trinajstić information content (AvgIpc) is 2.42. The van der Waals surface area contributed by atoms with E-state index in [2.05, 4.69) is 30.4 Å². The third kappa shape index (κ3) is 4.06. The largest absolute Gasteiger partial charge is 0.378 e. The highest BCUT2D eigenvalue weighted by Crippen LogP contribution is 2.20. The Bertz CT molecular complexity index is 436. The molecule has 1 atom stereocenters. The van der Waals surface area contributed by atoms with Crippen LogP contribution in [0, 0.1) is 6.92 Å². The van der Waals surface area contributed by atoms with Crippen LogP contribution >= 0.6 is 0 Å². The highest BCUT2D eigenvalue weighted by Gasteiger charge is 2.18. The van der Waals surface area contributed by atoms with Crippen LogP contribution in [0.4, 0.5) is 5.69 Å². The lowest BCUT2D eigenvalue weighted by atomic mass is 10.1. The molecule has 0 aliphatic carbocycles. The number of ether oxygens (including phenoxy) is 1. The molecule has 1 heterocycles. The van der Waals surface area contributed by atoms with Crippen molar-refractivity contribution in [3.05, 3.63) is 29.3 Å². The molecule has 1 aliphatic rings. The summed E-state index contributed by atoms with van der Waals surface area (Å²) in [6, 6.07) is 6.23. The van der Waals surface area contributed by atoms with Crippen LogP contribution in [0.5, 0.6) is 0 Å². The van der Waals surface area contributed by atoms with E-state index in [1.165, 1.54) is 12.0 Å². The molecule has 0 radical (unpaired) electrons. The summed E-state index contributed by atoms with van der Waals surface area (Å²) in [4.78, 5) is 12.0. The van der Waals surface area contributed by atoms with Crippen molar-refractivity contribution in [3.63, 3.8) is 0 Å². The van der Waals surface area contributed by atoms with Crippen molar-refractivity contribution in [2.75, 3.05) is 11.9 Å². The molecular weight excluding hydrogens is 238 g/mol. The van der Waals surface area contributed by atoms with E-state index in [9.17, 15) is 4.79 Å². The van der Waals surface area contributed by atoms with Gasteiger partial charge < -0.3 is 10.1 Å². The zero-order chi connectivity index (χ0) is 13.7. The van der Waals surface area contributed by atoms with Crippen LogP contribution in [0.2, 0.25) is 0 Å². The Kier molecular flexibility index (Phi) is 4.97. The Morgan fingerprint density at radius 3 is 2.95 bits per heavy atom. The summed E-state index contributed by atoms with van der Waals surface area (Å²) in [6.45, 7) is 4.93. The number of hydrogen-bond acceptors (Lipinski definition) is 2. The molecule has 104 valence electrons. The molecule has 0 saturated carbocycles. The van der Waals surface area contributed by atoms with Crippen molar-refractivity contribution in [1.29, 1.82) is 0 Å². The van der Waals surface area contributed by atoms with E-state index in [1.54, 1.807) is 0 Å². The standard InChI is InChI=1S/C16H23NO2/c1-3-13-8-7-12(2)15(10-13)17-16(18)11-14-6-4-5-9-19-14/h7-8,10,14H,3-6,9,11H2,1-2H3,(H,17,18). The molecule has 0 bridgehead atoms. The molecule has 0 aromatic heterocycles. The molecule has 0 spiro atoms. The molecule has 2 rings (SSSR count). The van der Waals surface area contributed by atoms with Crippen LogP contribution in [-0.4, -0.2) is 18.6 Å². The fourth-order valence-corrected chi connectivity index (χ4v) is 2.40. The lowest BCUT2D eigenvalue weighted by molar-refractivity contribution is -0.119. The van der Waals surface area contributed by atoms with Crippen LogP contribution in [0.25, 0.3) is 0 Å². The second-order valence-electron chi connectivity index (χ2n) is 5.24. The molecule has 1 amide bonds. The summed E-state index contributed by atoms with van der Waals surface area (Å²) >= 11 is 0. The van der Waals surface area contributed by atoms with Crippen LogP contribution in [0.1, 0.15) is 43.7 Å². The summed E-state index contributed by atoms with van der Waals surface area (Å²) in [5.74, 6) is 0.0586. The number of carbonyl (C=O) groups is 1. The Hall–Kier alpha value is -1.35. The Balaban J connectivity index is 1.94. The average molecular weight is 261 g/mol. The van der Waals surface area contributed by atoms with E-state index in [1.807, 2.05) is 6.92 Å².